The highest BCUT2D eigenvalue weighted by atomic mass is 19.1. The van der Waals surface area contributed by atoms with Gasteiger partial charge in [0.2, 0.25) is 5.91 Å². The summed E-state index contributed by atoms with van der Waals surface area (Å²) in [5, 5.41) is 8.81. The lowest BCUT2D eigenvalue weighted by Gasteiger charge is -2.25. The molecule has 3 heterocycles. The first kappa shape index (κ1) is 16.2. The average molecular weight is 342 g/mol. The molecule has 1 aromatic carbocycles. The molecule has 0 spiro atoms. The highest BCUT2D eigenvalue weighted by molar-refractivity contribution is 5.79. The maximum Gasteiger partial charge on any atom is 0.227 e. The van der Waals surface area contributed by atoms with E-state index in [0.29, 0.717) is 0 Å². The van der Waals surface area contributed by atoms with Crippen LogP contribution < -0.4 is 0 Å². The molecular weight excluding hydrogens is 319 g/mol. The molecule has 1 atom stereocenters. The average Bonchev–Trinajstić information content (AvgIpc) is 3.16. The summed E-state index contributed by atoms with van der Waals surface area (Å²) in [6, 6.07) is 6.29. The smallest absolute Gasteiger partial charge is 0.227 e. The van der Waals surface area contributed by atoms with Gasteiger partial charge < -0.3 is 9.47 Å². The minimum atomic E-state index is -0.300. The van der Waals surface area contributed by atoms with Crippen molar-refractivity contribution in [2.75, 3.05) is 6.54 Å². The zero-order valence-corrected chi connectivity index (χ0v) is 14.3. The number of hydrogen-bond acceptors (Lipinski definition) is 3. The van der Waals surface area contributed by atoms with Gasteiger partial charge >= 0.3 is 0 Å². The fraction of sp³-hybridized carbons (Fsp3) is 0.526. The molecular formula is C19H23FN4O. The lowest BCUT2D eigenvalue weighted by molar-refractivity contribution is -0.131. The first-order chi connectivity index (χ1) is 12.2. The summed E-state index contributed by atoms with van der Waals surface area (Å²) in [5.41, 5.74) is 0.718. The maximum absolute atomic E-state index is 13.4. The monoisotopic (exact) mass is 342 g/mol. The van der Waals surface area contributed by atoms with Gasteiger partial charge in [0.15, 0.2) is 5.82 Å². The fourth-order valence-corrected chi connectivity index (χ4v) is 4.01. The van der Waals surface area contributed by atoms with Crippen molar-refractivity contribution < 1.29 is 9.18 Å². The van der Waals surface area contributed by atoms with Crippen LogP contribution in [0, 0.1) is 5.82 Å². The Hall–Kier alpha value is -2.24. The first-order valence-corrected chi connectivity index (χ1v) is 9.18. The molecule has 1 amide bonds. The molecule has 2 aliphatic rings. The molecule has 0 radical (unpaired) electrons. The van der Waals surface area contributed by atoms with E-state index in [1.807, 2.05) is 4.90 Å². The van der Waals surface area contributed by atoms with Gasteiger partial charge in [0.05, 0.1) is 12.5 Å². The van der Waals surface area contributed by atoms with E-state index in [9.17, 15) is 9.18 Å². The predicted molar refractivity (Wildman–Crippen MR) is 91.4 cm³/mol. The van der Waals surface area contributed by atoms with E-state index >= 15 is 0 Å². The lowest BCUT2D eigenvalue weighted by atomic mass is 10.1. The molecule has 25 heavy (non-hydrogen) atoms. The molecule has 0 bridgehead atoms. The summed E-state index contributed by atoms with van der Waals surface area (Å²) in [5.74, 6) is 1.73. The summed E-state index contributed by atoms with van der Waals surface area (Å²) >= 11 is 0. The minimum Gasteiger partial charge on any atom is -0.332 e. The number of rotatable bonds is 3. The highest BCUT2D eigenvalue weighted by Gasteiger charge is 2.34. The lowest BCUT2D eigenvalue weighted by Crippen LogP contribution is -2.33. The number of fused-ring (bicyclic) bond motifs is 1. The van der Waals surface area contributed by atoms with Crippen LogP contribution in [-0.2, 0) is 24.2 Å². The van der Waals surface area contributed by atoms with E-state index in [-0.39, 0.29) is 24.2 Å². The van der Waals surface area contributed by atoms with Crippen LogP contribution in [-0.4, -0.2) is 32.1 Å². The van der Waals surface area contributed by atoms with E-state index in [0.717, 1.165) is 62.4 Å². The topological polar surface area (TPSA) is 51.0 Å². The Labute approximate surface area is 146 Å². The van der Waals surface area contributed by atoms with Crippen molar-refractivity contribution in [2.45, 2.75) is 57.5 Å². The number of carbonyl (C=O) groups is 1. The zero-order chi connectivity index (χ0) is 17.2. The Bertz CT molecular complexity index is 773. The van der Waals surface area contributed by atoms with Crippen LogP contribution in [0.2, 0.25) is 0 Å². The van der Waals surface area contributed by atoms with Gasteiger partial charge in [-0.15, -0.1) is 10.2 Å². The van der Waals surface area contributed by atoms with E-state index in [1.165, 1.54) is 18.6 Å². The third kappa shape index (κ3) is 3.30. The van der Waals surface area contributed by atoms with Crippen molar-refractivity contribution in [1.82, 2.24) is 19.7 Å². The summed E-state index contributed by atoms with van der Waals surface area (Å²) in [6.45, 7) is 1.68. The van der Waals surface area contributed by atoms with Crippen molar-refractivity contribution in [2.24, 2.45) is 0 Å². The van der Waals surface area contributed by atoms with Gasteiger partial charge in [0.1, 0.15) is 11.6 Å². The number of aromatic nitrogens is 3. The number of nitrogens with zero attached hydrogens (tertiary/aromatic N) is 4. The predicted octanol–water partition coefficient (Wildman–Crippen LogP) is 3.05. The molecule has 2 aromatic rings. The van der Waals surface area contributed by atoms with Gasteiger partial charge in [-0.3, -0.25) is 4.79 Å². The fourth-order valence-electron chi connectivity index (χ4n) is 4.01. The molecule has 0 saturated carbocycles. The summed E-state index contributed by atoms with van der Waals surface area (Å²) < 4.78 is 15.6. The Kier molecular flexibility index (Phi) is 4.51. The minimum absolute atomic E-state index is 0.000379. The first-order valence-electron chi connectivity index (χ1n) is 9.18. The van der Waals surface area contributed by atoms with Crippen LogP contribution in [0.15, 0.2) is 24.3 Å². The SMILES string of the molecule is O=C(Cc1cccc(F)c1)N1CCC[C@@H]1c1nnc2n1CCCCC2. The maximum atomic E-state index is 13.4. The quantitative estimate of drug-likeness (QED) is 0.861. The molecule has 6 heteroatoms. The van der Waals surface area contributed by atoms with Crippen LogP contribution in [0.3, 0.4) is 0 Å². The molecule has 0 N–H and O–H groups in total. The molecule has 5 nitrogen and oxygen atoms in total. The second kappa shape index (κ2) is 6.94. The Morgan fingerprint density at radius 2 is 2.08 bits per heavy atom. The zero-order valence-electron chi connectivity index (χ0n) is 14.3. The van der Waals surface area contributed by atoms with Gasteiger partial charge in [0.25, 0.3) is 0 Å². The molecule has 0 unspecified atom stereocenters. The van der Waals surface area contributed by atoms with Gasteiger partial charge in [-0.1, -0.05) is 18.6 Å². The number of aryl methyl sites for hydroxylation is 1. The van der Waals surface area contributed by atoms with E-state index in [4.69, 9.17) is 0 Å². The molecule has 1 saturated heterocycles. The Morgan fingerprint density at radius 1 is 1.16 bits per heavy atom. The van der Waals surface area contributed by atoms with Crippen molar-refractivity contribution >= 4 is 5.91 Å². The standard InChI is InChI=1S/C19H23FN4O/c20-15-7-4-6-14(12-15)13-18(25)23-11-5-8-16(23)19-22-21-17-9-2-1-3-10-24(17)19/h4,6-7,12,16H,1-3,5,8-11,13H2/t16-/m1/s1. The van der Waals surface area contributed by atoms with Gasteiger partial charge in [-0.2, -0.15) is 0 Å². The third-order valence-electron chi connectivity index (χ3n) is 5.25. The summed E-state index contributed by atoms with van der Waals surface area (Å²) in [7, 11) is 0. The van der Waals surface area contributed by atoms with Gasteiger partial charge in [-0.05, 0) is 43.4 Å². The second-order valence-electron chi connectivity index (χ2n) is 6.99. The van der Waals surface area contributed by atoms with Crippen molar-refractivity contribution in [3.63, 3.8) is 0 Å². The summed E-state index contributed by atoms with van der Waals surface area (Å²) in [4.78, 5) is 14.7. The van der Waals surface area contributed by atoms with Crippen molar-refractivity contribution in [1.29, 1.82) is 0 Å². The molecule has 4 rings (SSSR count). The molecule has 1 fully saturated rings. The molecule has 0 aliphatic carbocycles. The molecule has 1 aromatic heterocycles. The van der Waals surface area contributed by atoms with E-state index in [2.05, 4.69) is 14.8 Å². The van der Waals surface area contributed by atoms with Crippen LogP contribution in [0.4, 0.5) is 4.39 Å². The van der Waals surface area contributed by atoms with Crippen molar-refractivity contribution in [3.05, 3.63) is 47.3 Å². The number of carbonyl (C=O) groups excluding carboxylic acids is 1. The van der Waals surface area contributed by atoms with Crippen LogP contribution in [0.25, 0.3) is 0 Å². The third-order valence-corrected chi connectivity index (χ3v) is 5.25. The Morgan fingerprint density at radius 3 is 2.96 bits per heavy atom. The number of hydrogen-bond donors (Lipinski definition) is 0. The number of halogens is 1. The Balaban J connectivity index is 1.54. The number of benzene rings is 1. The van der Waals surface area contributed by atoms with E-state index in [1.54, 1.807) is 12.1 Å². The van der Waals surface area contributed by atoms with Gasteiger partial charge in [-0.25, -0.2) is 4.39 Å². The largest absolute Gasteiger partial charge is 0.332 e. The van der Waals surface area contributed by atoms with Crippen LogP contribution in [0.1, 0.15) is 55.4 Å². The highest BCUT2D eigenvalue weighted by Crippen LogP contribution is 2.32. The number of likely N-dealkylation sites (tertiary alicyclic amines) is 1. The second-order valence-corrected chi connectivity index (χ2v) is 6.99. The molecule has 2 aliphatic heterocycles. The van der Waals surface area contributed by atoms with Crippen LogP contribution >= 0.6 is 0 Å². The van der Waals surface area contributed by atoms with Crippen molar-refractivity contribution in [3.8, 4) is 0 Å². The number of amides is 1. The normalized spacial score (nSPS) is 20.4. The van der Waals surface area contributed by atoms with E-state index < -0.39 is 0 Å². The van der Waals surface area contributed by atoms with Crippen LogP contribution in [0.5, 0.6) is 0 Å². The van der Waals surface area contributed by atoms with Gasteiger partial charge in [0, 0.05) is 19.5 Å². The summed E-state index contributed by atoms with van der Waals surface area (Å²) in [6.07, 6.45) is 6.61. The molecule has 132 valence electrons.